The van der Waals surface area contributed by atoms with Gasteiger partial charge in [-0.25, -0.2) is 4.68 Å². The van der Waals surface area contributed by atoms with Gasteiger partial charge in [0.2, 0.25) is 0 Å². The van der Waals surface area contributed by atoms with E-state index in [2.05, 4.69) is 26.3 Å². The van der Waals surface area contributed by atoms with E-state index >= 15 is 0 Å². The second-order valence-corrected chi connectivity index (χ2v) is 6.26. The molecular weight excluding hydrogens is 322 g/mol. The van der Waals surface area contributed by atoms with E-state index in [-0.39, 0.29) is 11.7 Å². The predicted molar refractivity (Wildman–Crippen MR) is 82.9 cm³/mol. The summed E-state index contributed by atoms with van der Waals surface area (Å²) in [7, 11) is 0. The van der Waals surface area contributed by atoms with Gasteiger partial charge in [0, 0.05) is 13.1 Å². The van der Waals surface area contributed by atoms with Crippen molar-refractivity contribution in [2.24, 2.45) is 5.92 Å². The van der Waals surface area contributed by atoms with Gasteiger partial charge < -0.3 is 10.4 Å². The standard InChI is InChI=1S/C14H22BrN3O2/c1-2-6-18-14(20)13(15)12(9-17-18)16-8-10-4-3-5-11(19)7-10/h9-11,16,19H,2-8H2,1H3. The van der Waals surface area contributed by atoms with E-state index in [4.69, 9.17) is 0 Å². The van der Waals surface area contributed by atoms with E-state index in [9.17, 15) is 9.90 Å². The lowest BCUT2D eigenvalue weighted by Crippen LogP contribution is -2.27. The molecule has 6 heteroatoms. The molecule has 5 nitrogen and oxygen atoms in total. The van der Waals surface area contributed by atoms with E-state index in [0.29, 0.717) is 16.9 Å². The SMILES string of the molecule is CCCn1ncc(NCC2CCCC(O)C2)c(Br)c1=O. The van der Waals surface area contributed by atoms with E-state index in [0.717, 1.165) is 44.3 Å². The first-order valence-corrected chi connectivity index (χ1v) is 8.08. The van der Waals surface area contributed by atoms with E-state index < -0.39 is 0 Å². The van der Waals surface area contributed by atoms with Crippen molar-refractivity contribution in [3.8, 4) is 0 Å². The summed E-state index contributed by atoms with van der Waals surface area (Å²) in [5.74, 6) is 0.462. The molecule has 0 aromatic carbocycles. The molecule has 112 valence electrons. The summed E-state index contributed by atoms with van der Waals surface area (Å²) in [4.78, 5) is 12.1. The average Bonchev–Trinajstić information content (AvgIpc) is 2.43. The summed E-state index contributed by atoms with van der Waals surface area (Å²) in [6.07, 6.45) is 6.36. The van der Waals surface area contributed by atoms with Gasteiger partial charge in [-0.05, 0) is 47.5 Å². The quantitative estimate of drug-likeness (QED) is 0.861. The molecule has 1 aliphatic rings. The Kier molecular flexibility index (Phi) is 5.60. The summed E-state index contributed by atoms with van der Waals surface area (Å²) < 4.78 is 2.01. The van der Waals surface area contributed by atoms with E-state index in [1.54, 1.807) is 6.20 Å². The number of nitrogens with zero attached hydrogens (tertiary/aromatic N) is 2. The highest BCUT2D eigenvalue weighted by atomic mass is 79.9. The number of aliphatic hydroxyl groups is 1. The van der Waals surface area contributed by atoms with Crippen LogP contribution in [0.2, 0.25) is 0 Å². The first-order valence-electron chi connectivity index (χ1n) is 7.29. The summed E-state index contributed by atoms with van der Waals surface area (Å²) in [6.45, 7) is 3.42. The van der Waals surface area contributed by atoms with Crippen molar-refractivity contribution in [3.05, 3.63) is 21.0 Å². The number of anilines is 1. The number of hydrogen-bond donors (Lipinski definition) is 2. The van der Waals surface area contributed by atoms with Crippen LogP contribution in [0.25, 0.3) is 0 Å². The molecule has 2 rings (SSSR count). The Balaban J connectivity index is 1.99. The maximum absolute atomic E-state index is 12.1. The monoisotopic (exact) mass is 343 g/mol. The number of halogens is 1. The van der Waals surface area contributed by atoms with Crippen molar-refractivity contribution in [2.75, 3.05) is 11.9 Å². The Morgan fingerprint density at radius 2 is 2.35 bits per heavy atom. The molecule has 1 fully saturated rings. The number of nitrogens with one attached hydrogen (secondary N) is 1. The number of aromatic nitrogens is 2. The van der Waals surface area contributed by atoms with Gasteiger partial charge in [0.1, 0.15) is 4.47 Å². The fourth-order valence-corrected chi connectivity index (χ4v) is 3.11. The third kappa shape index (κ3) is 3.82. The van der Waals surface area contributed by atoms with Gasteiger partial charge in [0.25, 0.3) is 5.56 Å². The number of aliphatic hydroxyl groups excluding tert-OH is 1. The molecule has 2 unspecified atom stereocenters. The molecule has 0 saturated heterocycles. The van der Waals surface area contributed by atoms with Gasteiger partial charge >= 0.3 is 0 Å². The Labute approximate surface area is 127 Å². The maximum Gasteiger partial charge on any atom is 0.283 e. The van der Waals surface area contributed by atoms with Crippen LogP contribution in [-0.4, -0.2) is 27.5 Å². The maximum atomic E-state index is 12.1. The van der Waals surface area contributed by atoms with Crippen LogP contribution in [0, 0.1) is 5.92 Å². The Bertz CT molecular complexity index is 504. The Hall–Kier alpha value is -0.880. The first kappa shape index (κ1) is 15.5. The lowest BCUT2D eigenvalue weighted by atomic mass is 9.87. The molecule has 1 saturated carbocycles. The van der Waals surface area contributed by atoms with Crippen LogP contribution in [0.15, 0.2) is 15.5 Å². The van der Waals surface area contributed by atoms with E-state index in [1.807, 2.05) is 6.92 Å². The Morgan fingerprint density at radius 3 is 3.05 bits per heavy atom. The minimum Gasteiger partial charge on any atom is -0.393 e. The van der Waals surface area contributed by atoms with Gasteiger partial charge in [-0.3, -0.25) is 4.79 Å². The third-order valence-corrected chi connectivity index (χ3v) is 4.52. The molecule has 2 N–H and O–H groups in total. The zero-order valence-corrected chi connectivity index (χ0v) is 13.4. The van der Waals surface area contributed by atoms with E-state index in [1.165, 1.54) is 4.68 Å². The molecule has 0 aliphatic heterocycles. The summed E-state index contributed by atoms with van der Waals surface area (Å²) in [6, 6.07) is 0. The number of hydrogen-bond acceptors (Lipinski definition) is 4. The highest BCUT2D eigenvalue weighted by Crippen LogP contribution is 2.25. The van der Waals surface area contributed by atoms with Gasteiger partial charge in [0.15, 0.2) is 0 Å². The normalized spacial score (nSPS) is 22.8. The van der Waals surface area contributed by atoms with Crippen molar-refractivity contribution < 1.29 is 5.11 Å². The van der Waals surface area contributed by atoms with Crippen molar-refractivity contribution >= 4 is 21.6 Å². The zero-order valence-electron chi connectivity index (χ0n) is 11.8. The number of rotatable bonds is 5. The highest BCUT2D eigenvalue weighted by molar-refractivity contribution is 9.10. The second-order valence-electron chi connectivity index (χ2n) is 5.47. The van der Waals surface area contributed by atoms with Crippen LogP contribution in [0.4, 0.5) is 5.69 Å². The lowest BCUT2D eigenvalue weighted by Gasteiger charge is -2.26. The largest absolute Gasteiger partial charge is 0.393 e. The lowest BCUT2D eigenvalue weighted by molar-refractivity contribution is 0.105. The molecule has 1 aromatic heterocycles. The molecule has 0 amide bonds. The minimum absolute atomic E-state index is 0.0967. The summed E-state index contributed by atoms with van der Waals surface area (Å²) in [5, 5.41) is 17.1. The molecule has 20 heavy (non-hydrogen) atoms. The summed E-state index contributed by atoms with van der Waals surface area (Å²) in [5.41, 5.74) is 0.642. The molecule has 1 aliphatic carbocycles. The molecule has 2 atom stereocenters. The van der Waals surface area contributed by atoms with Crippen molar-refractivity contribution in [2.45, 2.75) is 51.7 Å². The van der Waals surface area contributed by atoms with Crippen LogP contribution < -0.4 is 10.9 Å². The Morgan fingerprint density at radius 1 is 1.55 bits per heavy atom. The molecule has 0 bridgehead atoms. The smallest absolute Gasteiger partial charge is 0.283 e. The van der Waals surface area contributed by atoms with Crippen LogP contribution in [0.3, 0.4) is 0 Å². The average molecular weight is 344 g/mol. The molecule has 0 spiro atoms. The number of aryl methyl sites for hydroxylation is 1. The molecule has 0 radical (unpaired) electrons. The second kappa shape index (κ2) is 7.22. The first-order chi connectivity index (χ1) is 9.61. The molecule has 1 heterocycles. The van der Waals surface area contributed by atoms with Crippen molar-refractivity contribution in [3.63, 3.8) is 0 Å². The van der Waals surface area contributed by atoms with Gasteiger partial charge in [0.05, 0.1) is 18.0 Å². The fourth-order valence-electron chi connectivity index (χ4n) is 2.66. The predicted octanol–water partition coefficient (Wildman–Crippen LogP) is 2.38. The van der Waals surface area contributed by atoms with Crippen LogP contribution in [-0.2, 0) is 6.54 Å². The van der Waals surface area contributed by atoms with Gasteiger partial charge in [-0.2, -0.15) is 5.10 Å². The van der Waals surface area contributed by atoms with Crippen LogP contribution in [0.5, 0.6) is 0 Å². The van der Waals surface area contributed by atoms with Crippen LogP contribution >= 0.6 is 15.9 Å². The fraction of sp³-hybridized carbons (Fsp3) is 0.714. The summed E-state index contributed by atoms with van der Waals surface area (Å²) >= 11 is 3.35. The van der Waals surface area contributed by atoms with Crippen LogP contribution in [0.1, 0.15) is 39.0 Å². The van der Waals surface area contributed by atoms with Crippen molar-refractivity contribution in [1.29, 1.82) is 0 Å². The van der Waals surface area contributed by atoms with Crippen molar-refractivity contribution in [1.82, 2.24) is 9.78 Å². The highest BCUT2D eigenvalue weighted by Gasteiger charge is 2.20. The van der Waals surface area contributed by atoms with Gasteiger partial charge in [-0.1, -0.05) is 13.3 Å². The minimum atomic E-state index is -0.172. The molecule has 1 aromatic rings. The van der Waals surface area contributed by atoms with Gasteiger partial charge in [-0.15, -0.1) is 0 Å². The topological polar surface area (TPSA) is 67.2 Å². The zero-order chi connectivity index (χ0) is 14.5. The third-order valence-electron chi connectivity index (χ3n) is 3.76. The molecular formula is C14H22BrN3O2.